The van der Waals surface area contributed by atoms with Gasteiger partial charge >= 0.3 is 6.18 Å². The highest BCUT2D eigenvalue weighted by molar-refractivity contribution is 5.28. The monoisotopic (exact) mass is 243 g/mol. The Morgan fingerprint density at radius 2 is 1.69 bits per heavy atom. The van der Waals surface area contributed by atoms with Crippen LogP contribution < -0.4 is 5.73 Å². The number of benzene rings is 1. The minimum Gasteiger partial charge on any atom is -0.319 e. The average Bonchev–Trinajstić information content (AvgIpc) is 2.15. The van der Waals surface area contributed by atoms with Gasteiger partial charge < -0.3 is 5.73 Å². The third kappa shape index (κ3) is 2.66. The number of nitrogens with two attached hydrogens (primary N) is 1. The Morgan fingerprint density at radius 1 is 1.12 bits per heavy atom. The zero-order valence-corrected chi connectivity index (χ0v) is 7.73. The molecule has 90 valence electrons. The van der Waals surface area contributed by atoms with E-state index in [2.05, 4.69) is 0 Å². The Balaban J connectivity index is 3.10. The van der Waals surface area contributed by atoms with Gasteiger partial charge in [0.05, 0.1) is 11.6 Å². The Bertz CT molecular complexity index is 373. The molecule has 16 heavy (non-hydrogen) atoms. The maximum absolute atomic E-state index is 13.1. The summed E-state index contributed by atoms with van der Waals surface area (Å²) in [4.78, 5) is 0. The van der Waals surface area contributed by atoms with E-state index in [0.29, 0.717) is 12.1 Å². The second-order valence-electron chi connectivity index (χ2n) is 3.09. The second-order valence-corrected chi connectivity index (χ2v) is 3.09. The molecule has 0 amide bonds. The minimum atomic E-state index is -4.71. The maximum atomic E-state index is 13.1. The van der Waals surface area contributed by atoms with Crippen LogP contribution in [0.1, 0.15) is 17.2 Å². The number of hydrogen-bond donors (Lipinski definition) is 1. The summed E-state index contributed by atoms with van der Waals surface area (Å²) in [6.07, 6.45) is -7.75. The van der Waals surface area contributed by atoms with E-state index in [1.807, 2.05) is 0 Å². The number of halogens is 6. The molecule has 1 rings (SSSR count). The fourth-order valence-electron chi connectivity index (χ4n) is 1.11. The van der Waals surface area contributed by atoms with E-state index in [4.69, 9.17) is 5.73 Å². The summed E-state index contributed by atoms with van der Waals surface area (Å²) >= 11 is 0. The molecule has 0 aliphatic heterocycles. The van der Waals surface area contributed by atoms with Gasteiger partial charge in [0.1, 0.15) is 5.82 Å². The fraction of sp³-hybridized carbons (Fsp3) is 0.333. The van der Waals surface area contributed by atoms with Crippen molar-refractivity contribution in [3.8, 4) is 0 Å². The highest BCUT2D eigenvalue weighted by Crippen LogP contribution is 2.31. The van der Waals surface area contributed by atoms with Crippen molar-refractivity contribution in [2.75, 3.05) is 0 Å². The Labute approximate surface area is 86.9 Å². The first kappa shape index (κ1) is 12.8. The van der Waals surface area contributed by atoms with E-state index in [1.54, 1.807) is 0 Å². The van der Waals surface area contributed by atoms with E-state index in [-0.39, 0.29) is 6.07 Å². The van der Waals surface area contributed by atoms with Crippen molar-refractivity contribution in [2.24, 2.45) is 5.73 Å². The standard InChI is InChI=1S/C9H7F6N/c10-6-3-4(9(13,14)15)1-2-5(6)7(16)8(11)12/h1-3,7-8H,16H2/t7-/m1/s1. The first-order valence-corrected chi connectivity index (χ1v) is 4.14. The zero-order valence-electron chi connectivity index (χ0n) is 7.73. The molecule has 0 aliphatic rings. The quantitative estimate of drug-likeness (QED) is 0.793. The Morgan fingerprint density at radius 3 is 2.06 bits per heavy atom. The molecule has 0 bridgehead atoms. The van der Waals surface area contributed by atoms with Crippen LogP contribution in [0.4, 0.5) is 26.3 Å². The van der Waals surface area contributed by atoms with Gasteiger partial charge in [-0.15, -0.1) is 0 Å². The third-order valence-corrected chi connectivity index (χ3v) is 1.96. The lowest BCUT2D eigenvalue weighted by Crippen LogP contribution is -2.20. The van der Waals surface area contributed by atoms with Crippen LogP contribution in [0.25, 0.3) is 0 Å². The normalized spacial score (nSPS) is 14.2. The van der Waals surface area contributed by atoms with Crippen molar-refractivity contribution >= 4 is 0 Å². The number of rotatable bonds is 2. The Hall–Kier alpha value is -1.24. The third-order valence-electron chi connectivity index (χ3n) is 1.96. The van der Waals surface area contributed by atoms with E-state index in [1.165, 1.54) is 0 Å². The van der Waals surface area contributed by atoms with E-state index < -0.39 is 35.6 Å². The summed E-state index contributed by atoms with van der Waals surface area (Å²) in [7, 11) is 0. The first-order chi connectivity index (χ1) is 7.23. The molecule has 1 aromatic rings. The van der Waals surface area contributed by atoms with Gasteiger partial charge in [0.25, 0.3) is 6.43 Å². The minimum absolute atomic E-state index is 0.150. The van der Waals surface area contributed by atoms with Crippen LogP contribution in [0, 0.1) is 5.82 Å². The highest BCUT2D eigenvalue weighted by Gasteiger charge is 2.32. The summed E-state index contributed by atoms with van der Waals surface area (Å²) in [6.45, 7) is 0. The van der Waals surface area contributed by atoms with Gasteiger partial charge in [-0.25, -0.2) is 13.2 Å². The van der Waals surface area contributed by atoms with Crippen molar-refractivity contribution in [2.45, 2.75) is 18.6 Å². The molecule has 0 saturated heterocycles. The van der Waals surface area contributed by atoms with Crippen LogP contribution in [0.15, 0.2) is 18.2 Å². The van der Waals surface area contributed by atoms with Crippen LogP contribution in [0.5, 0.6) is 0 Å². The topological polar surface area (TPSA) is 26.0 Å². The molecule has 0 fully saturated rings. The van der Waals surface area contributed by atoms with Gasteiger partial charge in [-0.05, 0) is 12.1 Å². The largest absolute Gasteiger partial charge is 0.416 e. The summed E-state index contributed by atoms with van der Waals surface area (Å²) in [5.41, 5.74) is 3.05. The van der Waals surface area contributed by atoms with Gasteiger partial charge in [-0.2, -0.15) is 13.2 Å². The van der Waals surface area contributed by atoms with Gasteiger partial charge in [0, 0.05) is 5.56 Å². The first-order valence-electron chi connectivity index (χ1n) is 4.14. The van der Waals surface area contributed by atoms with Crippen molar-refractivity contribution in [1.82, 2.24) is 0 Å². The summed E-state index contributed by atoms with van der Waals surface area (Å²) < 4.78 is 73.6. The van der Waals surface area contributed by atoms with E-state index in [9.17, 15) is 26.3 Å². The van der Waals surface area contributed by atoms with Crippen molar-refractivity contribution < 1.29 is 26.3 Å². The molecule has 1 atom stereocenters. The average molecular weight is 243 g/mol. The predicted octanol–water partition coefficient (Wildman–Crippen LogP) is 3.11. The van der Waals surface area contributed by atoms with Crippen LogP contribution >= 0.6 is 0 Å². The van der Waals surface area contributed by atoms with Gasteiger partial charge in [-0.3, -0.25) is 0 Å². The lowest BCUT2D eigenvalue weighted by Gasteiger charge is -2.13. The molecule has 2 N–H and O–H groups in total. The molecule has 7 heteroatoms. The highest BCUT2D eigenvalue weighted by atomic mass is 19.4. The fourth-order valence-corrected chi connectivity index (χ4v) is 1.11. The molecular weight excluding hydrogens is 236 g/mol. The van der Waals surface area contributed by atoms with Crippen molar-refractivity contribution in [3.05, 3.63) is 35.1 Å². The lowest BCUT2D eigenvalue weighted by molar-refractivity contribution is -0.137. The van der Waals surface area contributed by atoms with Crippen LogP contribution in [0.3, 0.4) is 0 Å². The van der Waals surface area contributed by atoms with E-state index in [0.717, 1.165) is 0 Å². The molecule has 0 aromatic heterocycles. The van der Waals surface area contributed by atoms with E-state index >= 15 is 0 Å². The van der Waals surface area contributed by atoms with Crippen LogP contribution in [-0.4, -0.2) is 6.43 Å². The maximum Gasteiger partial charge on any atom is 0.416 e. The molecule has 0 unspecified atom stereocenters. The number of alkyl halides is 5. The van der Waals surface area contributed by atoms with Crippen molar-refractivity contribution in [1.29, 1.82) is 0 Å². The predicted molar refractivity (Wildman–Crippen MR) is 44.3 cm³/mol. The second kappa shape index (κ2) is 4.32. The summed E-state index contributed by atoms with van der Waals surface area (Å²) in [5, 5.41) is 0. The summed E-state index contributed by atoms with van der Waals surface area (Å²) in [5.74, 6) is -1.39. The Kier molecular flexibility index (Phi) is 3.47. The zero-order chi connectivity index (χ0) is 12.5. The van der Waals surface area contributed by atoms with Gasteiger partial charge in [0.2, 0.25) is 0 Å². The molecule has 0 aliphatic carbocycles. The molecule has 0 heterocycles. The molecule has 1 aromatic carbocycles. The van der Waals surface area contributed by atoms with Crippen LogP contribution in [-0.2, 0) is 6.18 Å². The van der Waals surface area contributed by atoms with Gasteiger partial charge in [0.15, 0.2) is 0 Å². The SMILES string of the molecule is N[C@H](c1ccc(C(F)(F)F)cc1F)C(F)F. The molecule has 0 radical (unpaired) electrons. The molecular formula is C9H7F6N. The molecule has 0 saturated carbocycles. The number of hydrogen-bond acceptors (Lipinski definition) is 1. The van der Waals surface area contributed by atoms with Crippen LogP contribution in [0.2, 0.25) is 0 Å². The van der Waals surface area contributed by atoms with Gasteiger partial charge in [-0.1, -0.05) is 6.07 Å². The molecule has 1 nitrogen and oxygen atoms in total. The summed E-state index contributed by atoms with van der Waals surface area (Å²) in [6, 6.07) is -0.644. The smallest absolute Gasteiger partial charge is 0.319 e. The van der Waals surface area contributed by atoms with Crippen molar-refractivity contribution in [3.63, 3.8) is 0 Å². The lowest BCUT2D eigenvalue weighted by atomic mass is 10.0. The molecule has 0 spiro atoms.